The molecule has 2 aromatic rings. The Balaban J connectivity index is 1.93. The van der Waals surface area contributed by atoms with Gasteiger partial charge in [0.2, 0.25) is 0 Å². The van der Waals surface area contributed by atoms with Gasteiger partial charge in [0.25, 0.3) is 11.8 Å². The number of carbonyl (C=O) groups excluding carboxylic acids is 2. The summed E-state index contributed by atoms with van der Waals surface area (Å²) in [6.07, 6.45) is 0. The van der Waals surface area contributed by atoms with Crippen LogP contribution < -0.4 is 15.0 Å². The van der Waals surface area contributed by atoms with Gasteiger partial charge in [-0.05, 0) is 43.7 Å². The molecule has 0 aromatic heterocycles. The van der Waals surface area contributed by atoms with Gasteiger partial charge >= 0.3 is 0 Å². The topological polar surface area (TPSA) is 58.6 Å². The van der Waals surface area contributed by atoms with Crippen LogP contribution in [-0.2, 0) is 9.59 Å². The van der Waals surface area contributed by atoms with Crippen LogP contribution in [0.3, 0.4) is 0 Å². The average molecular weight is 391 g/mol. The molecule has 7 heteroatoms. The third kappa shape index (κ3) is 3.28. The lowest BCUT2D eigenvalue weighted by Gasteiger charge is -2.16. The lowest BCUT2D eigenvalue weighted by Crippen LogP contribution is -2.32. The fraction of sp³-hybridized carbons (Fsp3) is 0.158. The van der Waals surface area contributed by atoms with Gasteiger partial charge in [0.05, 0.1) is 18.0 Å². The average Bonchev–Trinajstić information content (AvgIpc) is 2.83. The SMILES string of the molecule is CCOc1ccccc1NC1=C(Cl)C(=O)N(c2ccc(C)c(Cl)c2)C1=O. The highest BCUT2D eigenvalue weighted by molar-refractivity contribution is 6.53. The summed E-state index contributed by atoms with van der Waals surface area (Å²) >= 11 is 12.3. The van der Waals surface area contributed by atoms with Crippen LogP contribution in [-0.4, -0.2) is 18.4 Å². The molecule has 5 nitrogen and oxygen atoms in total. The third-order valence-electron chi connectivity index (χ3n) is 3.89. The number of hydrogen-bond donors (Lipinski definition) is 1. The number of benzene rings is 2. The van der Waals surface area contributed by atoms with Gasteiger partial charge in [-0.25, -0.2) is 4.90 Å². The summed E-state index contributed by atoms with van der Waals surface area (Å²) in [6.45, 7) is 4.16. The predicted octanol–water partition coefficient (Wildman–Crippen LogP) is 4.48. The van der Waals surface area contributed by atoms with Gasteiger partial charge in [-0.1, -0.05) is 41.4 Å². The summed E-state index contributed by atoms with van der Waals surface area (Å²) in [5.41, 5.74) is 1.76. The van der Waals surface area contributed by atoms with Gasteiger partial charge in [0.15, 0.2) is 0 Å². The summed E-state index contributed by atoms with van der Waals surface area (Å²) in [7, 11) is 0. The number of imide groups is 1. The van der Waals surface area contributed by atoms with E-state index in [2.05, 4.69) is 5.32 Å². The van der Waals surface area contributed by atoms with Crippen molar-refractivity contribution in [2.45, 2.75) is 13.8 Å². The maximum absolute atomic E-state index is 12.8. The number of carbonyl (C=O) groups is 2. The maximum atomic E-state index is 12.8. The maximum Gasteiger partial charge on any atom is 0.283 e. The van der Waals surface area contributed by atoms with Crippen molar-refractivity contribution in [2.24, 2.45) is 0 Å². The minimum absolute atomic E-state index is 0.000479. The van der Waals surface area contributed by atoms with Crippen molar-refractivity contribution in [3.8, 4) is 5.75 Å². The van der Waals surface area contributed by atoms with E-state index in [4.69, 9.17) is 27.9 Å². The number of anilines is 2. The third-order valence-corrected chi connectivity index (χ3v) is 4.65. The lowest BCUT2D eigenvalue weighted by atomic mass is 10.2. The molecule has 0 unspecified atom stereocenters. The van der Waals surface area contributed by atoms with E-state index in [1.165, 1.54) is 0 Å². The van der Waals surface area contributed by atoms with Crippen LogP contribution in [0, 0.1) is 6.92 Å². The molecule has 1 heterocycles. The van der Waals surface area contributed by atoms with Crippen molar-refractivity contribution in [2.75, 3.05) is 16.8 Å². The molecule has 0 radical (unpaired) electrons. The molecule has 2 amide bonds. The van der Waals surface area contributed by atoms with Crippen molar-refractivity contribution >= 4 is 46.4 Å². The van der Waals surface area contributed by atoms with E-state index in [1.807, 2.05) is 19.9 Å². The fourth-order valence-electron chi connectivity index (χ4n) is 2.55. The van der Waals surface area contributed by atoms with E-state index >= 15 is 0 Å². The molecule has 0 saturated heterocycles. The standard InChI is InChI=1S/C19H16Cl2N2O3/c1-3-26-15-7-5-4-6-14(15)22-17-16(21)18(24)23(19(17)25)12-9-8-11(2)13(20)10-12/h4-10,22H,3H2,1-2H3. The molecule has 0 aliphatic carbocycles. The molecule has 3 rings (SSSR count). The van der Waals surface area contributed by atoms with Crippen molar-refractivity contribution in [3.05, 3.63) is 63.8 Å². The fourth-order valence-corrected chi connectivity index (χ4v) is 2.94. The van der Waals surface area contributed by atoms with Crippen molar-refractivity contribution in [1.82, 2.24) is 0 Å². The van der Waals surface area contributed by atoms with Gasteiger partial charge in [0, 0.05) is 5.02 Å². The highest BCUT2D eigenvalue weighted by Crippen LogP contribution is 2.34. The molecule has 134 valence electrons. The molecule has 26 heavy (non-hydrogen) atoms. The molecular weight excluding hydrogens is 375 g/mol. The zero-order valence-electron chi connectivity index (χ0n) is 14.2. The largest absolute Gasteiger partial charge is 0.492 e. The highest BCUT2D eigenvalue weighted by Gasteiger charge is 2.39. The number of rotatable bonds is 5. The molecular formula is C19H16Cl2N2O3. The molecule has 2 aromatic carbocycles. The van der Waals surface area contributed by atoms with Gasteiger partial charge in [-0.3, -0.25) is 9.59 Å². The first kappa shape index (κ1) is 18.3. The Labute approximate surface area is 161 Å². The second-order valence-electron chi connectivity index (χ2n) is 5.62. The van der Waals surface area contributed by atoms with E-state index in [-0.39, 0.29) is 10.7 Å². The quantitative estimate of drug-likeness (QED) is 0.764. The molecule has 0 bridgehead atoms. The smallest absolute Gasteiger partial charge is 0.283 e. The van der Waals surface area contributed by atoms with Crippen molar-refractivity contribution in [1.29, 1.82) is 0 Å². The molecule has 1 aliphatic rings. The van der Waals surface area contributed by atoms with Crippen LogP contribution in [0.1, 0.15) is 12.5 Å². The first-order chi connectivity index (χ1) is 12.4. The van der Waals surface area contributed by atoms with Crippen LogP contribution in [0.25, 0.3) is 0 Å². The Bertz CT molecular complexity index is 925. The zero-order valence-corrected chi connectivity index (χ0v) is 15.7. The molecule has 0 atom stereocenters. The Hall–Kier alpha value is -2.50. The van der Waals surface area contributed by atoms with E-state index in [1.54, 1.807) is 36.4 Å². The number of ether oxygens (including phenoxy) is 1. The second-order valence-corrected chi connectivity index (χ2v) is 6.41. The van der Waals surface area contributed by atoms with Crippen LogP contribution in [0.5, 0.6) is 5.75 Å². The monoisotopic (exact) mass is 390 g/mol. The molecule has 0 spiro atoms. The van der Waals surface area contributed by atoms with Crippen molar-refractivity contribution in [3.63, 3.8) is 0 Å². The number of hydrogen-bond acceptors (Lipinski definition) is 4. The van der Waals surface area contributed by atoms with Crippen molar-refractivity contribution < 1.29 is 14.3 Å². The van der Waals surface area contributed by atoms with Crippen LogP contribution in [0.4, 0.5) is 11.4 Å². The Morgan fingerprint density at radius 1 is 1.08 bits per heavy atom. The van der Waals surface area contributed by atoms with E-state index in [0.29, 0.717) is 28.8 Å². The molecule has 0 fully saturated rings. The Kier molecular flexibility index (Phi) is 5.20. The zero-order chi connectivity index (χ0) is 18.8. The minimum atomic E-state index is -0.604. The van der Waals surface area contributed by atoms with Gasteiger partial charge in [0.1, 0.15) is 16.5 Å². The van der Waals surface area contributed by atoms with Gasteiger partial charge in [-0.2, -0.15) is 0 Å². The van der Waals surface area contributed by atoms with Crippen LogP contribution >= 0.6 is 23.2 Å². The van der Waals surface area contributed by atoms with Gasteiger partial charge in [-0.15, -0.1) is 0 Å². The summed E-state index contributed by atoms with van der Waals surface area (Å²) < 4.78 is 5.53. The number of amides is 2. The number of nitrogens with one attached hydrogen (secondary N) is 1. The minimum Gasteiger partial charge on any atom is -0.492 e. The normalized spacial score (nSPS) is 14.2. The van der Waals surface area contributed by atoms with E-state index in [9.17, 15) is 9.59 Å². The molecule has 1 N–H and O–H groups in total. The van der Waals surface area contributed by atoms with Gasteiger partial charge < -0.3 is 10.1 Å². The Morgan fingerprint density at radius 3 is 2.50 bits per heavy atom. The number of aryl methyl sites for hydroxylation is 1. The van der Waals surface area contributed by atoms with Crippen LogP contribution in [0.15, 0.2) is 53.2 Å². The number of para-hydroxylation sites is 2. The number of nitrogens with zero attached hydrogens (tertiary/aromatic N) is 1. The second kappa shape index (κ2) is 7.40. The number of halogens is 2. The predicted molar refractivity (Wildman–Crippen MR) is 103 cm³/mol. The summed E-state index contributed by atoms with van der Waals surface area (Å²) in [4.78, 5) is 26.3. The van der Waals surface area contributed by atoms with Crippen LogP contribution in [0.2, 0.25) is 5.02 Å². The van der Waals surface area contributed by atoms with E-state index in [0.717, 1.165) is 10.5 Å². The highest BCUT2D eigenvalue weighted by atomic mass is 35.5. The lowest BCUT2D eigenvalue weighted by molar-refractivity contribution is -0.120. The Morgan fingerprint density at radius 2 is 1.81 bits per heavy atom. The summed E-state index contributed by atoms with van der Waals surface area (Å²) in [5.74, 6) is -0.594. The molecule has 0 saturated carbocycles. The summed E-state index contributed by atoms with van der Waals surface area (Å²) in [6, 6.07) is 12.1. The van der Waals surface area contributed by atoms with E-state index < -0.39 is 11.8 Å². The first-order valence-electron chi connectivity index (χ1n) is 7.97. The molecule has 1 aliphatic heterocycles. The summed E-state index contributed by atoms with van der Waals surface area (Å²) in [5, 5.41) is 3.21. The first-order valence-corrected chi connectivity index (χ1v) is 8.73.